The summed E-state index contributed by atoms with van der Waals surface area (Å²) in [6.07, 6.45) is 0. The average Bonchev–Trinajstić information content (AvgIpc) is 3.06. The van der Waals surface area contributed by atoms with Gasteiger partial charge in [0.05, 0.1) is 11.3 Å². The van der Waals surface area contributed by atoms with Gasteiger partial charge in [0.15, 0.2) is 5.82 Å². The van der Waals surface area contributed by atoms with Gasteiger partial charge >= 0.3 is 0 Å². The van der Waals surface area contributed by atoms with Crippen molar-refractivity contribution in [3.05, 3.63) is 52.0 Å². The minimum atomic E-state index is -0.177. The van der Waals surface area contributed by atoms with Crippen LogP contribution in [0.1, 0.15) is 0 Å². The first-order chi connectivity index (χ1) is 12.0. The lowest BCUT2D eigenvalue weighted by molar-refractivity contribution is -0.113. The molecule has 2 aromatic carbocycles. The molecule has 0 aliphatic carbocycles. The Bertz CT molecular complexity index is 901. The third-order valence-corrected chi connectivity index (χ3v) is 4.73. The van der Waals surface area contributed by atoms with Crippen molar-refractivity contribution in [3.63, 3.8) is 0 Å². The molecule has 0 saturated heterocycles. The molecule has 0 spiro atoms. The van der Waals surface area contributed by atoms with E-state index in [1.54, 1.807) is 42.5 Å². The molecule has 1 amide bonds. The molecule has 0 aliphatic heterocycles. The van der Waals surface area contributed by atoms with Gasteiger partial charge < -0.3 is 10.4 Å². The van der Waals surface area contributed by atoms with Crippen LogP contribution in [-0.2, 0) is 4.79 Å². The Morgan fingerprint density at radius 3 is 2.80 bits per heavy atom. The van der Waals surface area contributed by atoms with Gasteiger partial charge in [0.1, 0.15) is 5.75 Å². The maximum Gasteiger partial charge on any atom is 0.234 e. The van der Waals surface area contributed by atoms with E-state index < -0.39 is 0 Å². The second-order valence-corrected chi connectivity index (χ2v) is 7.27. The summed E-state index contributed by atoms with van der Waals surface area (Å²) in [5.74, 6) is 0.504. The van der Waals surface area contributed by atoms with Crippen LogP contribution in [0.3, 0.4) is 0 Å². The van der Waals surface area contributed by atoms with Gasteiger partial charge in [-0.25, -0.2) is 4.98 Å². The largest absolute Gasteiger partial charge is 0.507 e. The van der Waals surface area contributed by atoms with Crippen LogP contribution in [0.4, 0.5) is 5.69 Å². The molecule has 0 atom stereocenters. The van der Waals surface area contributed by atoms with Crippen molar-refractivity contribution in [1.29, 1.82) is 0 Å². The molecule has 25 heavy (non-hydrogen) atoms. The molecule has 0 radical (unpaired) electrons. The number of halogens is 2. The lowest BCUT2D eigenvalue weighted by Gasteiger charge is -2.03. The SMILES string of the molecule is O=C(CSc1n[nH]c(-c2cc(Br)ccc2O)n1)Nc1ccc(Cl)cc1. The number of nitrogens with one attached hydrogen (secondary N) is 2. The van der Waals surface area contributed by atoms with Crippen LogP contribution in [0.25, 0.3) is 11.4 Å². The predicted molar refractivity (Wildman–Crippen MR) is 102 cm³/mol. The van der Waals surface area contributed by atoms with Crippen molar-refractivity contribution < 1.29 is 9.90 Å². The number of amides is 1. The number of anilines is 1. The average molecular weight is 440 g/mol. The number of nitrogens with zero attached hydrogens (tertiary/aromatic N) is 2. The van der Waals surface area contributed by atoms with Crippen molar-refractivity contribution >= 4 is 50.9 Å². The zero-order chi connectivity index (χ0) is 17.8. The van der Waals surface area contributed by atoms with E-state index >= 15 is 0 Å². The quantitative estimate of drug-likeness (QED) is 0.515. The molecule has 0 saturated carbocycles. The fraction of sp³-hybridized carbons (Fsp3) is 0.0625. The number of hydrogen-bond donors (Lipinski definition) is 3. The summed E-state index contributed by atoms with van der Waals surface area (Å²) in [6, 6.07) is 11.9. The number of aromatic amines is 1. The molecule has 128 valence electrons. The minimum absolute atomic E-state index is 0.0939. The van der Waals surface area contributed by atoms with E-state index in [1.807, 2.05) is 0 Å². The molecule has 0 fully saturated rings. The minimum Gasteiger partial charge on any atom is -0.507 e. The Hall–Kier alpha value is -2.03. The van der Waals surface area contributed by atoms with Crippen LogP contribution in [0, 0.1) is 0 Å². The van der Waals surface area contributed by atoms with Crippen LogP contribution < -0.4 is 5.32 Å². The lowest BCUT2D eigenvalue weighted by atomic mass is 10.2. The lowest BCUT2D eigenvalue weighted by Crippen LogP contribution is -2.13. The number of rotatable bonds is 5. The highest BCUT2D eigenvalue weighted by atomic mass is 79.9. The van der Waals surface area contributed by atoms with Gasteiger partial charge in [-0.3, -0.25) is 9.89 Å². The van der Waals surface area contributed by atoms with Crippen LogP contribution >= 0.6 is 39.3 Å². The molecule has 0 bridgehead atoms. The van der Waals surface area contributed by atoms with Crippen molar-refractivity contribution in [3.8, 4) is 17.1 Å². The highest BCUT2D eigenvalue weighted by Gasteiger charge is 2.12. The normalized spacial score (nSPS) is 10.6. The Morgan fingerprint density at radius 2 is 2.04 bits per heavy atom. The molecule has 3 N–H and O–H groups in total. The van der Waals surface area contributed by atoms with E-state index in [-0.39, 0.29) is 17.4 Å². The molecule has 0 aliphatic rings. The number of phenols is 1. The summed E-state index contributed by atoms with van der Waals surface area (Å²) in [7, 11) is 0. The van der Waals surface area contributed by atoms with E-state index in [0.29, 0.717) is 27.3 Å². The van der Waals surface area contributed by atoms with E-state index in [9.17, 15) is 9.90 Å². The molecule has 3 rings (SSSR count). The number of phenolic OH excluding ortho intramolecular Hbond substituents is 1. The van der Waals surface area contributed by atoms with Crippen LogP contribution in [0.15, 0.2) is 52.1 Å². The molecule has 3 aromatic rings. The van der Waals surface area contributed by atoms with Crippen molar-refractivity contribution in [1.82, 2.24) is 15.2 Å². The van der Waals surface area contributed by atoms with Crippen LogP contribution in [0.5, 0.6) is 5.75 Å². The number of carbonyl (C=O) groups excluding carboxylic acids is 1. The van der Waals surface area contributed by atoms with Crippen LogP contribution in [0.2, 0.25) is 5.02 Å². The van der Waals surface area contributed by atoms with E-state index in [2.05, 4.69) is 36.4 Å². The third kappa shape index (κ3) is 4.75. The van der Waals surface area contributed by atoms with E-state index in [0.717, 1.165) is 4.47 Å². The fourth-order valence-corrected chi connectivity index (χ4v) is 3.08. The maximum absolute atomic E-state index is 12.0. The Kier molecular flexibility index (Phi) is 5.62. The number of carbonyl (C=O) groups is 1. The summed E-state index contributed by atoms with van der Waals surface area (Å²) < 4.78 is 0.813. The Morgan fingerprint density at radius 1 is 1.28 bits per heavy atom. The second-order valence-electron chi connectivity index (χ2n) is 4.97. The third-order valence-electron chi connectivity index (χ3n) is 3.14. The monoisotopic (exact) mass is 438 g/mol. The Labute approximate surface area is 161 Å². The molecular weight excluding hydrogens is 428 g/mol. The fourth-order valence-electron chi connectivity index (χ4n) is 1.99. The van der Waals surface area contributed by atoms with E-state index in [1.165, 1.54) is 11.8 Å². The van der Waals surface area contributed by atoms with Gasteiger partial charge in [-0.1, -0.05) is 39.3 Å². The first-order valence-corrected chi connectivity index (χ1v) is 9.26. The van der Waals surface area contributed by atoms with Gasteiger partial charge in [0.2, 0.25) is 11.1 Å². The summed E-state index contributed by atoms with van der Waals surface area (Å²) in [5.41, 5.74) is 1.20. The first-order valence-electron chi connectivity index (χ1n) is 7.11. The van der Waals surface area contributed by atoms with Crippen molar-refractivity contribution in [2.24, 2.45) is 0 Å². The molecular formula is C16H12BrClN4O2S. The maximum atomic E-state index is 12.0. The zero-order valence-corrected chi connectivity index (χ0v) is 15.8. The van der Waals surface area contributed by atoms with Crippen molar-refractivity contribution in [2.75, 3.05) is 11.1 Å². The smallest absolute Gasteiger partial charge is 0.234 e. The molecule has 9 heteroatoms. The highest BCUT2D eigenvalue weighted by molar-refractivity contribution is 9.10. The number of H-pyrrole nitrogens is 1. The molecule has 1 heterocycles. The first kappa shape index (κ1) is 17.8. The van der Waals surface area contributed by atoms with Gasteiger partial charge in [0, 0.05) is 15.2 Å². The number of thioether (sulfide) groups is 1. The number of benzene rings is 2. The number of aromatic hydroxyl groups is 1. The number of hydrogen-bond acceptors (Lipinski definition) is 5. The molecule has 6 nitrogen and oxygen atoms in total. The molecule has 0 unspecified atom stereocenters. The van der Waals surface area contributed by atoms with E-state index in [4.69, 9.17) is 11.6 Å². The van der Waals surface area contributed by atoms with Gasteiger partial charge in [-0.05, 0) is 42.5 Å². The summed E-state index contributed by atoms with van der Waals surface area (Å²) in [5, 5.41) is 20.5. The van der Waals surface area contributed by atoms with Crippen LogP contribution in [-0.4, -0.2) is 31.9 Å². The van der Waals surface area contributed by atoms with Gasteiger partial charge in [-0.2, -0.15) is 0 Å². The standard InChI is InChI=1S/C16H12BrClN4O2S/c17-9-1-6-13(23)12(7-9)15-20-16(22-21-15)25-8-14(24)19-11-4-2-10(18)3-5-11/h1-7,23H,8H2,(H,19,24)(H,20,21,22). The second kappa shape index (κ2) is 7.90. The summed E-state index contributed by atoms with van der Waals surface area (Å²) in [4.78, 5) is 16.3. The summed E-state index contributed by atoms with van der Waals surface area (Å²) in [6.45, 7) is 0. The Balaban J connectivity index is 1.61. The van der Waals surface area contributed by atoms with Gasteiger partial charge in [0.25, 0.3) is 0 Å². The van der Waals surface area contributed by atoms with Crippen molar-refractivity contribution in [2.45, 2.75) is 5.16 Å². The topological polar surface area (TPSA) is 90.9 Å². The number of aromatic nitrogens is 3. The van der Waals surface area contributed by atoms with Gasteiger partial charge in [-0.15, -0.1) is 5.10 Å². The highest BCUT2D eigenvalue weighted by Crippen LogP contribution is 2.30. The zero-order valence-electron chi connectivity index (χ0n) is 12.7. The molecule has 1 aromatic heterocycles. The predicted octanol–water partition coefficient (Wildman–Crippen LogP) is 4.32. The summed E-state index contributed by atoms with van der Waals surface area (Å²) >= 11 is 10.3.